The largest absolute Gasteiger partial charge is 0.481 e. The number of aromatic nitrogens is 3. The first-order valence-corrected chi connectivity index (χ1v) is 7.33. The summed E-state index contributed by atoms with van der Waals surface area (Å²) in [7, 11) is 0. The van der Waals surface area contributed by atoms with E-state index in [9.17, 15) is 4.79 Å². The summed E-state index contributed by atoms with van der Waals surface area (Å²) in [6.45, 7) is 2.52. The molecule has 0 aliphatic carbocycles. The molecule has 1 aliphatic rings. The van der Waals surface area contributed by atoms with Crippen molar-refractivity contribution >= 4 is 5.97 Å². The third kappa shape index (κ3) is 3.12. The summed E-state index contributed by atoms with van der Waals surface area (Å²) in [5, 5.41) is 13.5. The molecule has 1 aliphatic heterocycles. The SMILES string of the molecule is Cc1ccc(CCc2nc3n(n2)CC(C(=O)O)CC3)cc1. The van der Waals surface area contributed by atoms with Crippen LogP contribution in [0.15, 0.2) is 24.3 Å². The summed E-state index contributed by atoms with van der Waals surface area (Å²) < 4.78 is 1.77. The maximum Gasteiger partial charge on any atom is 0.308 e. The van der Waals surface area contributed by atoms with E-state index < -0.39 is 5.97 Å². The van der Waals surface area contributed by atoms with Crippen LogP contribution in [-0.2, 0) is 30.6 Å². The Morgan fingerprint density at radius 1 is 1.33 bits per heavy atom. The average Bonchev–Trinajstić information content (AvgIpc) is 2.88. The molecule has 0 saturated heterocycles. The van der Waals surface area contributed by atoms with Crippen molar-refractivity contribution in [1.29, 1.82) is 0 Å². The van der Waals surface area contributed by atoms with Crippen LogP contribution in [0.5, 0.6) is 0 Å². The van der Waals surface area contributed by atoms with Crippen LogP contribution in [0.1, 0.15) is 29.2 Å². The molecule has 2 heterocycles. The van der Waals surface area contributed by atoms with Gasteiger partial charge >= 0.3 is 5.97 Å². The van der Waals surface area contributed by atoms with Crippen molar-refractivity contribution in [3.63, 3.8) is 0 Å². The normalized spacial score (nSPS) is 17.5. The van der Waals surface area contributed by atoms with Gasteiger partial charge in [0.2, 0.25) is 0 Å². The Bertz CT molecular complexity index is 646. The Labute approximate surface area is 123 Å². The fraction of sp³-hybridized carbons (Fsp3) is 0.438. The zero-order chi connectivity index (χ0) is 14.8. The van der Waals surface area contributed by atoms with Gasteiger partial charge in [-0.15, -0.1) is 0 Å². The minimum atomic E-state index is -0.739. The molecule has 1 unspecified atom stereocenters. The molecule has 1 atom stereocenters. The molecule has 5 nitrogen and oxygen atoms in total. The highest BCUT2D eigenvalue weighted by Crippen LogP contribution is 2.19. The number of carboxylic acids is 1. The summed E-state index contributed by atoms with van der Waals surface area (Å²) in [5.74, 6) is 0.671. The zero-order valence-electron chi connectivity index (χ0n) is 12.1. The standard InChI is InChI=1S/C16H19N3O2/c1-11-2-4-12(5-3-11)6-8-14-17-15-9-7-13(16(20)21)10-19(15)18-14/h2-5,13H,6-10H2,1H3,(H,20,21). The van der Waals surface area contributed by atoms with Gasteiger partial charge in [0, 0.05) is 12.8 Å². The van der Waals surface area contributed by atoms with Gasteiger partial charge in [-0.05, 0) is 25.3 Å². The molecule has 0 spiro atoms. The Morgan fingerprint density at radius 2 is 2.10 bits per heavy atom. The number of benzene rings is 1. The molecule has 110 valence electrons. The summed E-state index contributed by atoms with van der Waals surface area (Å²) >= 11 is 0. The predicted octanol–water partition coefficient (Wildman–Crippen LogP) is 2.02. The molecule has 0 bridgehead atoms. The van der Waals surface area contributed by atoms with Crippen molar-refractivity contribution in [3.8, 4) is 0 Å². The monoisotopic (exact) mass is 285 g/mol. The Hall–Kier alpha value is -2.17. The molecule has 21 heavy (non-hydrogen) atoms. The van der Waals surface area contributed by atoms with Crippen molar-refractivity contribution < 1.29 is 9.90 Å². The van der Waals surface area contributed by atoms with Crippen molar-refractivity contribution in [2.24, 2.45) is 5.92 Å². The van der Waals surface area contributed by atoms with Gasteiger partial charge in [-0.2, -0.15) is 5.10 Å². The molecule has 2 aromatic rings. The highest BCUT2D eigenvalue weighted by Gasteiger charge is 2.26. The molecule has 3 rings (SSSR count). The van der Waals surface area contributed by atoms with E-state index in [4.69, 9.17) is 5.11 Å². The summed E-state index contributed by atoms with van der Waals surface area (Å²) in [4.78, 5) is 15.6. The third-order valence-electron chi connectivity index (χ3n) is 4.01. The second-order valence-electron chi connectivity index (χ2n) is 5.69. The van der Waals surface area contributed by atoms with Crippen LogP contribution in [0.3, 0.4) is 0 Å². The van der Waals surface area contributed by atoms with Crippen LogP contribution < -0.4 is 0 Å². The van der Waals surface area contributed by atoms with Gasteiger partial charge in [-0.25, -0.2) is 9.67 Å². The van der Waals surface area contributed by atoms with E-state index in [2.05, 4.69) is 41.3 Å². The highest BCUT2D eigenvalue weighted by molar-refractivity contribution is 5.70. The molecule has 5 heteroatoms. The number of aryl methyl sites for hydroxylation is 4. The third-order valence-corrected chi connectivity index (χ3v) is 4.01. The number of aliphatic carboxylic acids is 1. The van der Waals surface area contributed by atoms with Crippen LogP contribution in [0.4, 0.5) is 0 Å². The smallest absolute Gasteiger partial charge is 0.308 e. The van der Waals surface area contributed by atoms with Crippen molar-refractivity contribution in [1.82, 2.24) is 14.8 Å². The minimum absolute atomic E-state index is 0.329. The lowest BCUT2D eigenvalue weighted by atomic mass is 10.0. The Balaban J connectivity index is 1.65. The van der Waals surface area contributed by atoms with E-state index in [1.165, 1.54) is 11.1 Å². The van der Waals surface area contributed by atoms with Gasteiger partial charge in [0.15, 0.2) is 5.82 Å². The average molecular weight is 285 g/mol. The van der Waals surface area contributed by atoms with Crippen LogP contribution >= 0.6 is 0 Å². The van der Waals surface area contributed by atoms with E-state index in [0.717, 1.165) is 24.5 Å². The second-order valence-corrected chi connectivity index (χ2v) is 5.69. The second kappa shape index (κ2) is 5.68. The van der Waals surface area contributed by atoms with E-state index in [-0.39, 0.29) is 5.92 Å². The fourth-order valence-corrected chi connectivity index (χ4v) is 2.68. The summed E-state index contributed by atoms with van der Waals surface area (Å²) in [5.41, 5.74) is 2.53. The fourth-order valence-electron chi connectivity index (χ4n) is 2.68. The molecule has 1 aromatic heterocycles. The predicted molar refractivity (Wildman–Crippen MR) is 78.1 cm³/mol. The first-order chi connectivity index (χ1) is 10.1. The highest BCUT2D eigenvalue weighted by atomic mass is 16.4. The first-order valence-electron chi connectivity index (χ1n) is 7.33. The van der Waals surface area contributed by atoms with Crippen molar-refractivity contribution in [3.05, 3.63) is 47.0 Å². The molecule has 1 aromatic carbocycles. The van der Waals surface area contributed by atoms with E-state index in [1.807, 2.05) is 0 Å². The van der Waals surface area contributed by atoms with Crippen LogP contribution in [0, 0.1) is 12.8 Å². The molecular weight excluding hydrogens is 266 g/mol. The van der Waals surface area contributed by atoms with Crippen LogP contribution in [0.25, 0.3) is 0 Å². The molecule has 1 N–H and O–H groups in total. The summed E-state index contributed by atoms with van der Waals surface area (Å²) in [6, 6.07) is 8.48. The van der Waals surface area contributed by atoms with E-state index >= 15 is 0 Å². The van der Waals surface area contributed by atoms with Crippen molar-refractivity contribution in [2.75, 3.05) is 0 Å². The number of carboxylic acid groups (broad SMARTS) is 1. The minimum Gasteiger partial charge on any atom is -0.481 e. The lowest BCUT2D eigenvalue weighted by Gasteiger charge is -2.18. The van der Waals surface area contributed by atoms with Crippen molar-refractivity contribution in [2.45, 2.75) is 39.2 Å². The van der Waals surface area contributed by atoms with Gasteiger partial charge in [0.1, 0.15) is 5.82 Å². The Morgan fingerprint density at radius 3 is 2.81 bits per heavy atom. The lowest BCUT2D eigenvalue weighted by molar-refractivity contribution is -0.142. The molecule has 0 amide bonds. The van der Waals surface area contributed by atoms with Gasteiger partial charge in [-0.3, -0.25) is 4.79 Å². The van der Waals surface area contributed by atoms with Gasteiger partial charge in [-0.1, -0.05) is 29.8 Å². The van der Waals surface area contributed by atoms with Gasteiger partial charge in [0.05, 0.1) is 12.5 Å². The van der Waals surface area contributed by atoms with Gasteiger partial charge < -0.3 is 5.11 Å². The van der Waals surface area contributed by atoms with E-state index in [1.54, 1.807) is 4.68 Å². The number of hydrogen-bond donors (Lipinski definition) is 1. The molecule has 0 radical (unpaired) electrons. The maximum absolute atomic E-state index is 11.0. The Kier molecular flexibility index (Phi) is 3.73. The van der Waals surface area contributed by atoms with Crippen LogP contribution in [0.2, 0.25) is 0 Å². The molecule has 0 saturated carbocycles. The first kappa shape index (κ1) is 13.8. The van der Waals surface area contributed by atoms with Gasteiger partial charge in [0.25, 0.3) is 0 Å². The zero-order valence-corrected chi connectivity index (χ0v) is 12.1. The topological polar surface area (TPSA) is 68.0 Å². The number of fused-ring (bicyclic) bond motifs is 1. The van der Waals surface area contributed by atoms with E-state index in [0.29, 0.717) is 19.4 Å². The maximum atomic E-state index is 11.0. The molecular formula is C16H19N3O2. The van der Waals surface area contributed by atoms with Crippen LogP contribution in [-0.4, -0.2) is 25.8 Å². The number of nitrogens with zero attached hydrogens (tertiary/aromatic N) is 3. The molecule has 0 fully saturated rings. The number of carbonyl (C=O) groups is 1. The lowest BCUT2D eigenvalue weighted by Crippen LogP contribution is -2.27. The quantitative estimate of drug-likeness (QED) is 0.933. The number of hydrogen-bond acceptors (Lipinski definition) is 3. The summed E-state index contributed by atoms with van der Waals surface area (Å²) in [6.07, 6.45) is 3.06. The number of rotatable bonds is 4.